The molecule has 1 aromatic heterocycles. The summed E-state index contributed by atoms with van der Waals surface area (Å²) < 4.78 is 29.7. The first-order valence-electron chi connectivity index (χ1n) is 12.4. The topological polar surface area (TPSA) is 82.9 Å². The highest BCUT2D eigenvalue weighted by Gasteiger charge is 2.35. The molecule has 0 aromatic carbocycles. The summed E-state index contributed by atoms with van der Waals surface area (Å²) in [5, 5.41) is 0. The number of piperidine rings is 3. The molecule has 1 aromatic rings. The molecule has 0 saturated carbocycles. The van der Waals surface area contributed by atoms with Crippen LogP contribution < -0.4 is 0 Å². The molecule has 8 nitrogen and oxygen atoms in total. The summed E-state index contributed by atoms with van der Waals surface area (Å²) in [6, 6.07) is 1.52. The fourth-order valence-corrected chi connectivity index (χ4v) is 6.78. The Balaban J connectivity index is 1.38. The number of sulfonamides is 1. The maximum atomic E-state index is 13.3. The second kappa shape index (κ2) is 9.78. The van der Waals surface area contributed by atoms with E-state index in [0.29, 0.717) is 56.6 Å². The fraction of sp³-hybridized carbons (Fsp3) is 0.750. The number of nitrogens with zero attached hydrogens (tertiary/aromatic N) is 4. The van der Waals surface area contributed by atoms with Gasteiger partial charge >= 0.3 is 0 Å². The van der Waals surface area contributed by atoms with Crippen molar-refractivity contribution in [2.45, 2.75) is 57.3 Å². The van der Waals surface area contributed by atoms with Crippen LogP contribution in [0.4, 0.5) is 0 Å². The molecule has 2 amide bonds. The summed E-state index contributed by atoms with van der Waals surface area (Å²) in [5.41, 5.74) is 0.410. The van der Waals surface area contributed by atoms with Gasteiger partial charge in [0.05, 0.1) is 0 Å². The van der Waals surface area contributed by atoms with Crippen LogP contribution in [0.1, 0.15) is 62.9 Å². The number of likely N-dealkylation sites (tertiary alicyclic amines) is 2. The Hall–Kier alpha value is -1.87. The quantitative estimate of drug-likeness (QED) is 0.666. The Morgan fingerprint density at radius 2 is 1.33 bits per heavy atom. The molecule has 33 heavy (non-hydrogen) atoms. The average Bonchev–Trinajstić information content (AvgIpc) is 3.21. The maximum Gasteiger partial charge on any atom is 0.270 e. The van der Waals surface area contributed by atoms with Crippen LogP contribution in [0.5, 0.6) is 0 Å². The van der Waals surface area contributed by atoms with Crippen LogP contribution >= 0.6 is 0 Å². The van der Waals surface area contributed by atoms with Gasteiger partial charge in [0.15, 0.2) is 0 Å². The highest BCUT2D eigenvalue weighted by Crippen LogP contribution is 2.28. The minimum atomic E-state index is -3.70. The van der Waals surface area contributed by atoms with Crippen LogP contribution in [0.2, 0.25) is 0 Å². The molecule has 0 spiro atoms. The third-order valence-electron chi connectivity index (χ3n) is 7.81. The van der Waals surface area contributed by atoms with Crippen LogP contribution in [0.3, 0.4) is 0 Å². The third kappa shape index (κ3) is 5.14. The van der Waals surface area contributed by atoms with Crippen molar-refractivity contribution in [2.75, 3.05) is 39.3 Å². The molecule has 4 heterocycles. The Morgan fingerprint density at radius 3 is 1.88 bits per heavy atom. The van der Waals surface area contributed by atoms with E-state index in [-0.39, 0.29) is 22.6 Å². The molecule has 0 unspecified atom stereocenters. The van der Waals surface area contributed by atoms with Gasteiger partial charge in [0.25, 0.3) is 5.91 Å². The molecule has 3 fully saturated rings. The minimum Gasteiger partial charge on any atom is -0.345 e. The summed E-state index contributed by atoms with van der Waals surface area (Å²) in [7, 11) is -1.98. The van der Waals surface area contributed by atoms with E-state index in [1.807, 2.05) is 9.80 Å². The summed E-state index contributed by atoms with van der Waals surface area (Å²) in [6.45, 7) is 8.15. The number of rotatable bonds is 4. The molecule has 0 radical (unpaired) electrons. The number of carbonyl (C=O) groups excluding carboxylic acids is 2. The lowest BCUT2D eigenvalue weighted by Gasteiger charge is -2.36. The van der Waals surface area contributed by atoms with E-state index in [0.717, 1.165) is 38.8 Å². The minimum absolute atomic E-state index is 0.0979. The van der Waals surface area contributed by atoms with Crippen molar-refractivity contribution in [2.24, 2.45) is 24.8 Å². The highest BCUT2D eigenvalue weighted by atomic mass is 32.2. The Kier molecular flexibility index (Phi) is 7.19. The zero-order chi connectivity index (χ0) is 23.8. The van der Waals surface area contributed by atoms with Gasteiger partial charge in [-0.05, 0) is 56.4 Å². The van der Waals surface area contributed by atoms with Crippen LogP contribution in [-0.2, 0) is 21.9 Å². The molecule has 184 valence electrons. The molecule has 0 bridgehead atoms. The second-order valence-corrected chi connectivity index (χ2v) is 12.3. The lowest BCUT2D eigenvalue weighted by Crippen LogP contribution is -2.46. The van der Waals surface area contributed by atoms with Gasteiger partial charge in [-0.1, -0.05) is 13.8 Å². The first-order chi connectivity index (χ1) is 15.7. The van der Waals surface area contributed by atoms with Gasteiger partial charge in [-0.3, -0.25) is 9.59 Å². The number of aryl methyl sites for hydroxylation is 1. The molecular weight excluding hydrogens is 440 g/mol. The van der Waals surface area contributed by atoms with Crippen molar-refractivity contribution in [3.05, 3.63) is 18.0 Å². The summed E-state index contributed by atoms with van der Waals surface area (Å²) in [6.07, 6.45) is 6.69. The summed E-state index contributed by atoms with van der Waals surface area (Å²) in [5.74, 6) is 1.27. The average molecular weight is 479 g/mol. The van der Waals surface area contributed by atoms with Crippen molar-refractivity contribution in [3.8, 4) is 0 Å². The Labute approximate surface area is 197 Å². The van der Waals surface area contributed by atoms with Crippen LogP contribution in [0, 0.1) is 17.8 Å². The van der Waals surface area contributed by atoms with E-state index >= 15 is 0 Å². The third-order valence-corrected chi connectivity index (χ3v) is 9.67. The van der Waals surface area contributed by atoms with Crippen LogP contribution in [0.15, 0.2) is 17.2 Å². The number of hydrogen-bond donors (Lipinski definition) is 0. The lowest BCUT2D eigenvalue weighted by molar-refractivity contribution is -0.138. The summed E-state index contributed by atoms with van der Waals surface area (Å²) >= 11 is 0. The van der Waals surface area contributed by atoms with E-state index in [2.05, 4.69) is 13.8 Å². The molecule has 3 saturated heterocycles. The van der Waals surface area contributed by atoms with Crippen LogP contribution in [-0.4, -0.2) is 78.2 Å². The molecule has 4 rings (SSSR count). The van der Waals surface area contributed by atoms with Gasteiger partial charge in [-0.15, -0.1) is 0 Å². The van der Waals surface area contributed by atoms with E-state index in [9.17, 15) is 18.0 Å². The van der Waals surface area contributed by atoms with E-state index in [1.54, 1.807) is 17.8 Å². The van der Waals surface area contributed by atoms with Crippen molar-refractivity contribution < 1.29 is 18.0 Å². The maximum absolute atomic E-state index is 13.3. The predicted octanol–water partition coefficient (Wildman–Crippen LogP) is 2.56. The zero-order valence-corrected chi connectivity index (χ0v) is 21.0. The van der Waals surface area contributed by atoms with Crippen molar-refractivity contribution in [3.63, 3.8) is 0 Å². The normalized spacial score (nSPS) is 22.6. The van der Waals surface area contributed by atoms with Gasteiger partial charge < -0.3 is 14.4 Å². The zero-order valence-electron chi connectivity index (χ0n) is 20.2. The number of amides is 2. The molecule has 0 atom stereocenters. The van der Waals surface area contributed by atoms with E-state index in [1.165, 1.54) is 10.4 Å². The Morgan fingerprint density at radius 1 is 0.818 bits per heavy atom. The number of aromatic nitrogens is 1. The monoisotopic (exact) mass is 478 g/mol. The van der Waals surface area contributed by atoms with Crippen LogP contribution in [0.25, 0.3) is 0 Å². The molecular formula is C24H38N4O4S. The largest absolute Gasteiger partial charge is 0.345 e. The van der Waals surface area contributed by atoms with Crippen molar-refractivity contribution in [1.82, 2.24) is 18.7 Å². The van der Waals surface area contributed by atoms with E-state index < -0.39 is 10.0 Å². The van der Waals surface area contributed by atoms with Gasteiger partial charge in [-0.25, -0.2) is 8.42 Å². The van der Waals surface area contributed by atoms with Gasteiger partial charge in [0, 0.05) is 58.4 Å². The molecule has 3 aliphatic rings. The molecule has 0 aliphatic carbocycles. The SMILES string of the molecule is CC1CCN(C(=O)c2cc(S(=O)(=O)N3CCC(C(=O)N4CCC(C)CC4)CC3)cn2C)CC1. The molecule has 0 N–H and O–H groups in total. The summed E-state index contributed by atoms with van der Waals surface area (Å²) in [4.78, 5) is 29.8. The Bertz CT molecular complexity index is 965. The highest BCUT2D eigenvalue weighted by molar-refractivity contribution is 7.89. The predicted molar refractivity (Wildman–Crippen MR) is 126 cm³/mol. The number of carbonyl (C=O) groups is 2. The van der Waals surface area contributed by atoms with Gasteiger partial charge in [0.2, 0.25) is 15.9 Å². The first kappa shape index (κ1) is 24.3. The molecule has 9 heteroatoms. The fourth-order valence-electron chi connectivity index (χ4n) is 5.24. The smallest absolute Gasteiger partial charge is 0.270 e. The van der Waals surface area contributed by atoms with Crippen molar-refractivity contribution >= 4 is 21.8 Å². The van der Waals surface area contributed by atoms with E-state index in [4.69, 9.17) is 0 Å². The standard InChI is InChI=1S/C24H38N4O4S/c1-18-4-10-26(11-5-18)23(29)20-8-14-28(15-9-20)33(31,32)21-16-22(25(3)17-21)24(30)27-12-6-19(2)7-13-27/h16-20H,4-15H2,1-3H3. The molecule has 3 aliphatic heterocycles. The van der Waals surface area contributed by atoms with Crippen molar-refractivity contribution in [1.29, 1.82) is 0 Å². The van der Waals surface area contributed by atoms with Gasteiger partial charge in [0.1, 0.15) is 10.6 Å². The van der Waals surface area contributed by atoms with Gasteiger partial charge in [-0.2, -0.15) is 4.31 Å². The number of hydrogen-bond acceptors (Lipinski definition) is 4. The second-order valence-electron chi connectivity index (χ2n) is 10.3. The first-order valence-corrected chi connectivity index (χ1v) is 13.9. The lowest BCUT2D eigenvalue weighted by atomic mass is 9.93.